The molecule has 0 saturated carbocycles. The van der Waals surface area contributed by atoms with Crippen LogP contribution in [-0.2, 0) is 0 Å². The lowest BCUT2D eigenvalue weighted by Gasteiger charge is -2.08. The van der Waals surface area contributed by atoms with Gasteiger partial charge in [-0.05, 0) is 47.2 Å². The Hall–Kier alpha value is -4.72. The number of carbonyl (C=O) groups is 4. The summed E-state index contributed by atoms with van der Waals surface area (Å²) in [5, 5.41) is 11.6. The lowest BCUT2D eigenvalue weighted by molar-refractivity contribution is 0.0941. The second-order valence-electron chi connectivity index (χ2n) is 9.15. The van der Waals surface area contributed by atoms with Crippen LogP contribution in [-0.4, -0.2) is 49.8 Å². The highest BCUT2D eigenvalue weighted by Crippen LogP contribution is 2.33. The maximum absolute atomic E-state index is 13.0. The molecule has 5 rings (SSSR count). The van der Waals surface area contributed by atoms with Crippen molar-refractivity contribution in [3.05, 3.63) is 95.1 Å². The monoisotopic (exact) mass is 508 g/mol. The summed E-state index contributed by atoms with van der Waals surface area (Å²) in [5.74, 6) is -1.10. The molecule has 4 aliphatic carbocycles. The van der Waals surface area contributed by atoms with Crippen molar-refractivity contribution in [2.24, 2.45) is 0 Å². The van der Waals surface area contributed by atoms with E-state index in [1.807, 2.05) is 60.7 Å². The number of hydrogen-bond acceptors (Lipinski definition) is 4. The minimum absolute atomic E-state index is 0.275. The Bertz CT molecular complexity index is 1250. The van der Waals surface area contributed by atoms with Crippen molar-refractivity contribution in [2.45, 2.75) is 12.8 Å². The molecule has 8 nitrogen and oxygen atoms in total. The highest BCUT2D eigenvalue weighted by molar-refractivity contribution is 6.12. The van der Waals surface area contributed by atoms with Gasteiger partial charge in [0, 0.05) is 48.4 Å². The lowest BCUT2D eigenvalue weighted by atomic mass is 10.1. The van der Waals surface area contributed by atoms with Crippen LogP contribution in [0.4, 0.5) is 0 Å². The largest absolute Gasteiger partial charge is 0.352 e. The molecule has 0 unspecified atom stereocenters. The fourth-order valence-electron chi connectivity index (χ4n) is 4.75. The summed E-state index contributed by atoms with van der Waals surface area (Å²) in [6.45, 7) is 1.38. The van der Waals surface area contributed by atoms with Gasteiger partial charge in [0.15, 0.2) is 0 Å². The zero-order chi connectivity index (χ0) is 26.5. The number of amides is 4. The third-order valence-corrected chi connectivity index (χ3v) is 6.64. The molecule has 0 radical (unpaired) electrons. The fourth-order valence-corrected chi connectivity index (χ4v) is 4.75. The molecule has 0 spiro atoms. The van der Waals surface area contributed by atoms with E-state index in [0.29, 0.717) is 83.5 Å². The first-order valence-corrected chi connectivity index (χ1v) is 12.7. The van der Waals surface area contributed by atoms with Crippen LogP contribution in [0.15, 0.2) is 72.8 Å². The molecule has 8 heteroatoms. The highest BCUT2D eigenvalue weighted by Gasteiger charge is 2.25. The van der Waals surface area contributed by atoms with E-state index in [1.54, 1.807) is 12.1 Å². The molecule has 0 atom stereocenters. The van der Waals surface area contributed by atoms with Gasteiger partial charge in [-0.2, -0.15) is 0 Å². The van der Waals surface area contributed by atoms with Crippen LogP contribution in [0.2, 0.25) is 0 Å². The first-order valence-electron chi connectivity index (χ1n) is 12.7. The predicted molar refractivity (Wildman–Crippen MR) is 145 cm³/mol. The van der Waals surface area contributed by atoms with Crippen molar-refractivity contribution in [2.75, 3.05) is 26.2 Å². The third-order valence-electron chi connectivity index (χ3n) is 6.64. The molecule has 1 aliphatic heterocycles. The molecule has 4 amide bonds. The Kier molecular flexibility index (Phi) is 7.31. The van der Waals surface area contributed by atoms with Gasteiger partial charge in [-0.15, -0.1) is 0 Å². The minimum atomic E-state index is -0.275. The van der Waals surface area contributed by atoms with Crippen molar-refractivity contribution in [1.82, 2.24) is 21.3 Å². The van der Waals surface area contributed by atoms with Gasteiger partial charge in [-0.3, -0.25) is 19.2 Å². The van der Waals surface area contributed by atoms with Gasteiger partial charge in [-0.25, -0.2) is 0 Å². The number of rotatable bonds is 0. The summed E-state index contributed by atoms with van der Waals surface area (Å²) < 4.78 is 0. The van der Waals surface area contributed by atoms with Gasteiger partial charge >= 0.3 is 0 Å². The summed E-state index contributed by atoms with van der Waals surface area (Å²) in [6, 6.07) is 21.6. The van der Waals surface area contributed by atoms with Crippen LogP contribution >= 0.6 is 0 Å². The standard InChI is InChI=1S/C30H28N4O4/c35-27-23-17-24(20-10-4-1-3-9-19(20)23)28(36)32-14-8-16-34-30(38)26-18-25(29(37)33-15-7-13-31-27)21-11-5-2-6-12-22(21)26/h1-6,9-12,17-18H,7-8,13-16H2,(H,31,35)(H,32,36)(H,33,37)(H,34,38). The van der Waals surface area contributed by atoms with Crippen LogP contribution in [0.5, 0.6) is 0 Å². The van der Waals surface area contributed by atoms with Crippen LogP contribution in [0.3, 0.4) is 0 Å². The molecule has 4 bridgehead atoms. The SMILES string of the molecule is O=C1NCCCNC(=O)c2cc(c3cccccc2-3)C(=O)NCCCNC(=O)c2cc1c1cccccc2-1. The van der Waals surface area contributed by atoms with Gasteiger partial charge in [0.05, 0.1) is 0 Å². The van der Waals surface area contributed by atoms with Crippen molar-refractivity contribution in [3.8, 4) is 22.3 Å². The molecule has 0 aromatic heterocycles. The third kappa shape index (κ3) is 5.06. The molecular weight excluding hydrogens is 480 g/mol. The van der Waals surface area contributed by atoms with Crippen LogP contribution < -0.4 is 21.3 Å². The van der Waals surface area contributed by atoms with Crippen LogP contribution in [0, 0.1) is 0 Å². The van der Waals surface area contributed by atoms with Gasteiger partial charge < -0.3 is 21.3 Å². The second kappa shape index (κ2) is 11.1. The molecule has 192 valence electrons. The van der Waals surface area contributed by atoms with Gasteiger partial charge in [0.25, 0.3) is 23.6 Å². The van der Waals surface area contributed by atoms with Crippen molar-refractivity contribution in [1.29, 1.82) is 0 Å². The van der Waals surface area contributed by atoms with Crippen molar-refractivity contribution >= 4 is 23.6 Å². The van der Waals surface area contributed by atoms with E-state index >= 15 is 0 Å². The average Bonchev–Trinajstić information content (AvgIpc) is 3.22. The Morgan fingerprint density at radius 3 is 0.895 bits per heavy atom. The first-order chi connectivity index (χ1) is 18.5. The summed E-state index contributed by atoms with van der Waals surface area (Å²) >= 11 is 0. The molecule has 0 saturated heterocycles. The summed E-state index contributed by atoms with van der Waals surface area (Å²) in [6.07, 6.45) is 1.02. The molecule has 0 aromatic rings. The van der Waals surface area contributed by atoms with E-state index in [9.17, 15) is 19.2 Å². The molecule has 0 fully saturated rings. The number of hydrogen-bond donors (Lipinski definition) is 4. The van der Waals surface area contributed by atoms with Crippen LogP contribution in [0.1, 0.15) is 54.3 Å². The number of nitrogens with one attached hydrogen (secondary N) is 4. The van der Waals surface area contributed by atoms with Gasteiger partial charge in [-0.1, -0.05) is 60.7 Å². The topological polar surface area (TPSA) is 116 Å². The molecule has 5 aliphatic rings. The lowest BCUT2D eigenvalue weighted by Crippen LogP contribution is -2.30. The normalized spacial score (nSPS) is 15.8. The van der Waals surface area contributed by atoms with E-state index < -0.39 is 0 Å². The molecular formula is C30H28N4O4. The Morgan fingerprint density at radius 2 is 0.632 bits per heavy atom. The van der Waals surface area contributed by atoms with Crippen molar-refractivity contribution in [3.63, 3.8) is 0 Å². The first kappa shape index (κ1) is 25.0. The molecule has 1 heterocycles. The smallest absolute Gasteiger partial charge is 0.251 e. The minimum Gasteiger partial charge on any atom is -0.352 e. The van der Waals surface area contributed by atoms with E-state index in [-0.39, 0.29) is 23.6 Å². The number of carbonyl (C=O) groups excluding carboxylic acids is 4. The average molecular weight is 509 g/mol. The van der Waals surface area contributed by atoms with Gasteiger partial charge in [0.1, 0.15) is 0 Å². The second-order valence-corrected chi connectivity index (χ2v) is 9.15. The van der Waals surface area contributed by atoms with E-state index in [4.69, 9.17) is 0 Å². The Morgan fingerprint density at radius 1 is 0.368 bits per heavy atom. The maximum Gasteiger partial charge on any atom is 0.251 e. The number of fused-ring (bicyclic) bond motifs is 10. The molecule has 38 heavy (non-hydrogen) atoms. The Labute approximate surface area is 220 Å². The van der Waals surface area contributed by atoms with Gasteiger partial charge in [0.2, 0.25) is 0 Å². The molecule has 4 N–H and O–H groups in total. The molecule has 0 aromatic carbocycles. The fraction of sp³-hybridized carbons (Fsp3) is 0.200. The van der Waals surface area contributed by atoms with E-state index in [2.05, 4.69) is 21.3 Å². The zero-order valence-corrected chi connectivity index (χ0v) is 20.8. The van der Waals surface area contributed by atoms with Crippen molar-refractivity contribution < 1.29 is 19.2 Å². The summed E-state index contributed by atoms with van der Waals surface area (Å²) in [5.41, 5.74) is 4.47. The van der Waals surface area contributed by atoms with E-state index in [0.717, 1.165) is 0 Å². The predicted octanol–water partition coefficient (Wildman–Crippen LogP) is 3.31. The quantitative estimate of drug-likeness (QED) is 0.292. The van der Waals surface area contributed by atoms with Crippen LogP contribution in [0.25, 0.3) is 22.3 Å². The summed E-state index contributed by atoms with van der Waals surface area (Å²) in [7, 11) is 0. The van der Waals surface area contributed by atoms with E-state index in [1.165, 1.54) is 0 Å². The maximum atomic E-state index is 13.0. The zero-order valence-electron chi connectivity index (χ0n) is 20.8. The summed E-state index contributed by atoms with van der Waals surface area (Å²) in [4.78, 5) is 52.1. The highest BCUT2D eigenvalue weighted by atomic mass is 16.2. The Balaban J connectivity index is 1.40.